The van der Waals surface area contributed by atoms with Gasteiger partial charge in [-0.3, -0.25) is 4.79 Å². The van der Waals surface area contributed by atoms with E-state index in [0.29, 0.717) is 17.9 Å². The molecule has 0 aromatic carbocycles. The van der Waals surface area contributed by atoms with E-state index in [1.807, 2.05) is 0 Å². The maximum Gasteiger partial charge on any atom is 0.223 e. The van der Waals surface area contributed by atoms with Crippen LogP contribution in [0.15, 0.2) is 0 Å². The maximum absolute atomic E-state index is 11.8. The molecule has 3 rings (SSSR count). The van der Waals surface area contributed by atoms with Gasteiger partial charge < -0.3 is 10.6 Å². The normalized spacial score (nSPS) is 41.6. The molecule has 3 heteroatoms. The monoisotopic (exact) mass is 194 g/mol. The molecule has 2 aliphatic carbocycles. The summed E-state index contributed by atoms with van der Waals surface area (Å²) in [6.45, 7) is 4.28. The summed E-state index contributed by atoms with van der Waals surface area (Å²) < 4.78 is 0. The van der Waals surface area contributed by atoms with Gasteiger partial charge in [0.15, 0.2) is 0 Å². The minimum Gasteiger partial charge on any atom is -0.352 e. The molecule has 1 aliphatic heterocycles. The lowest BCUT2D eigenvalue weighted by Gasteiger charge is -2.12. The van der Waals surface area contributed by atoms with Crippen LogP contribution in [0, 0.1) is 23.7 Å². The van der Waals surface area contributed by atoms with E-state index in [-0.39, 0.29) is 5.92 Å². The van der Waals surface area contributed by atoms with Crippen molar-refractivity contribution in [1.82, 2.24) is 10.6 Å². The van der Waals surface area contributed by atoms with Crippen molar-refractivity contribution in [3.8, 4) is 0 Å². The van der Waals surface area contributed by atoms with Crippen molar-refractivity contribution in [3.05, 3.63) is 0 Å². The molecule has 0 radical (unpaired) electrons. The van der Waals surface area contributed by atoms with Gasteiger partial charge in [0.1, 0.15) is 0 Å². The topological polar surface area (TPSA) is 41.1 Å². The van der Waals surface area contributed by atoms with Gasteiger partial charge in [0.25, 0.3) is 0 Å². The zero-order chi connectivity index (χ0) is 9.71. The molecule has 1 amide bonds. The molecule has 2 N–H and O–H groups in total. The first-order valence-corrected chi connectivity index (χ1v) is 5.78. The molecule has 0 aromatic heterocycles. The van der Waals surface area contributed by atoms with Crippen molar-refractivity contribution >= 4 is 5.91 Å². The van der Waals surface area contributed by atoms with Crippen LogP contribution >= 0.6 is 0 Å². The lowest BCUT2D eigenvalue weighted by atomic mass is 10.1. The maximum atomic E-state index is 11.8. The molecule has 2 saturated carbocycles. The Morgan fingerprint density at radius 1 is 1.36 bits per heavy atom. The Bertz CT molecular complexity index is 252. The van der Waals surface area contributed by atoms with Crippen LogP contribution in [0.5, 0.6) is 0 Å². The third-order valence-corrected chi connectivity index (χ3v) is 4.14. The fourth-order valence-electron chi connectivity index (χ4n) is 2.74. The molecule has 14 heavy (non-hydrogen) atoms. The summed E-state index contributed by atoms with van der Waals surface area (Å²) in [5, 5.41) is 6.54. The van der Waals surface area contributed by atoms with E-state index < -0.39 is 0 Å². The van der Waals surface area contributed by atoms with Gasteiger partial charge in [-0.2, -0.15) is 0 Å². The molecule has 1 saturated heterocycles. The number of carbonyl (C=O) groups excluding carboxylic acids is 1. The molecular formula is C11H18N2O. The van der Waals surface area contributed by atoms with Gasteiger partial charge in [-0.15, -0.1) is 0 Å². The quantitative estimate of drug-likeness (QED) is 0.681. The molecule has 0 bridgehead atoms. The average molecular weight is 194 g/mol. The molecule has 4 atom stereocenters. The Morgan fingerprint density at radius 2 is 2.00 bits per heavy atom. The molecule has 0 aromatic rings. The summed E-state index contributed by atoms with van der Waals surface area (Å²) in [5.41, 5.74) is 0. The van der Waals surface area contributed by atoms with Crippen molar-refractivity contribution < 1.29 is 4.79 Å². The SMILES string of the molecule is CC(C(=O)NC1[C@H]2CNC[C@@H]12)C1CC1. The molecule has 2 unspecified atom stereocenters. The standard InChI is InChI=1S/C11H18N2O/c1-6(7-2-3-7)11(14)13-10-8-4-12-5-9(8)10/h6-10,12H,2-5H2,1H3,(H,13,14)/t6?,8-,9+,10?. The van der Waals surface area contributed by atoms with Gasteiger partial charge in [-0.1, -0.05) is 6.92 Å². The Hall–Kier alpha value is -0.570. The second-order valence-electron chi connectivity index (χ2n) is 5.15. The van der Waals surface area contributed by atoms with Crippen LogP contribution in [-0.2, 0) is 4.79 Å². The van der Waals surface area contributed by atoms with Crippen LogP contribution in [0.25, 0.3) is 0 Å². The zero-order valence-corrected chi connectivity index (χ0v) is 8.62. The van der Waals surface area contributed by atoms with E-state index in [1.165, 1.54) is 12.8 Å². The second-order valence-corrected chi connectivity index (χ2v) is 5.15. The van der Waals surface area contributed by atoms with E-state index >= 15 is 0 Å². The highest BCUT2D eigenvalue weighted by Gasteiger charge is 2.54. The lowest BCUT2D eigenvalue weighted by Crippen LogP contribution is -2.36. The highest BCUT2D eigenvalue weighted by atomic mass is 16.2. The average Bonchev–Trinajstić information content (AvgIpc) is 3.07. The number of fused-ring (bicyclic) bond motifs is 1. The van der Waals surface area contributed by atoms with Crippen molar-refractivity contribution in [1.29, 1.82) is 0 Å². The number of hydrogen-bond acceptors (Lipinski definition) is 2. The predicted octanol–water partition coefficient (Wildman–Crippen LogP) is 0.366. The van der Waals surface area contributed by atoms with Crippen LogP contribution in [0.3, 0.4) is 0 Å². The minimum absolute atomic E-state index is 0.254. The third-order valence-electron chi connectivity index (χ3n) is 4.14. The largest absolute Gasteiger partial charge is 0.352 e. The Kier molecular flexibility index (Phi) is 1.84. The first kappa shape index (κ1) is 8.72. The van der Waals surface area contributed by atoms with Gasteiger partial charge in [0.2, 0.25) is 5.91 Å². The van der Waals surface area contributed by atoms with E-state index in [1.54, 1.807) is 0 Å². The number of amides is 1. The summed E-state index contributed by atoms with van der Waals surface area (Å²) in [6.07, 6.45) is 2.52. The van der Waals surface area contributed by atoms with E-state index in [4.69, 9.17) is 0 Å². The second kappa shape index (κ2) is 2.96. The predicted molar refractivity (Wildman–Crippen MR) is 53.7 cm³/mol. The first-order chi connectivity index (χ1) is 6.77. The van der Waals surface area contributed by atoms with Gasteiger partial charge in [0.05, 0.1) is 0 Å². The third kappa shape index (κ3) is 1.34. The number of hydrogen-bond donors (Lipinski definition) is 2. The Labute approximate surface area is 84.6 Å². The minimum atomic E-state index is 0.254. The van der Waals surface area contributed by atoms with Crippen molar-refractivity contribution in [2.75, 3.05) is 13.1 Å². The van der Waals surface area contributed by atoms with Gasteiger partial charge in [0, 0.05) is 25.0 Å². The molecule has 3 fully saturated rings. The zero-order valence-electron chi connectivity index (χ0n) is 8.62. The van der Waals surface area contributed by atoms with E-state index in [0.717, 1.165) is 24.9 Å². The summed E-state index contributed by atoms with van der Waals surface area (Å²) in [7, 11) is 0. The van der Waals surface area contributed by atoms with Gasteiger partial charge in [-0.25, -0.2) is 0 Å². The van der Waals surface area contributed by atoms with Crippen LogP contribution in [0.1, 0.15) is 19.8 Å². The number of nitrogens with one attached hydrogen (secondary N) is 2. The van der Waals surface area contributed by atoms with Crippen molar-refractivity contribution in [2.24, 2.45) is 23.7 Å². The smallest absolute Gasteiger partial charge is 0.223 e. The van der Waals surface area contributed by atoms with E-state index in [9.17, 15) is 4.79 Å². The molecule has 78 valence electrons. The Morgan fingerprint density at radius 3 is 2.57 bits per heavy atom. The van der Waals surface area contributed by atoms with Crippen molar-refractivity contribution in [3.63, 3.8) is 0 Å². The number of piperidine rings is 1. The molecular weight excluding hydrogens is 176 g/mol. The fraction of sp³-hybridized carbons (Fsp3) is 0.909. The van der Waals surface area contributed by atoms with Crippen molar-refractivity contribution in [2.45, 2.75) is 25.8 Å². The van der Waals surface area contributed by atoms with Gasteiger partial charge >= 0.3 is 0 Å². The van der Waals surface area contributed by atoms with Crippen LogP contribution in [0.2, 0.25) is 0 Å². The molecule has 0 spiro atoms. The number of carbonyl (C=O) groups is 1. The molecule has 3 aliphatic rings. The van der Waals surface area contributed by atoms with Crippen LogP contribution in [0.4, 0.5) is 0 Å². The van der Waals surface area contributed by atoms with Gasteiger partial charge in [-0.05, 0) is 30.6 Å². The van der Waals surface area contributed by atoms with Crippen LogP contribution < -0.4 is 10.6 Å². The molecule has 3 nitrogen and oxygen atoms in total. The summed E-state index contributed by atoms with van der Waals surface area (Å²) in [4.78, 5) is 11.8. The fourth-order valence-corrected chi connectivity index (χ4v) is 2.74. The molecule has 1 heterocycles. The highest BCUT2D eigenvalue weighted by Crippen LogP contribution is 2.42. The highest BCUT2D eigenvalue weighted by molar-refractivity contribution is 5.79. The lowest BCUT2D eigenvalue weighted by molar-refractivity contribution is -0.125. The Balaban J connectivity index is 1.50. The van der Waals surface area contributed by atoms with Crippen LogP contribution in [-0.4, -0.2) is 25.0 Å². The summed E-state index contributed by atoms with van der Waals surface area (Å²) in [5.74, 6) is 2.72. The van der Waals surface area contributed by atoms with E-state index in [2.05, 4.69) is 17.6 Å². The first-order valence-electron chi connectivity index (χ1n) is 5.78. The summed E-state index contributed by atoms with van der Waals surface area (Å²) in [6, 6.07) is 0.505. The summed E-state index contributed by atoms with van der Waals surface area (Å²) >= 11 is 0. The number of rotatable bonds is 3.